The van der Waals surface area contributed by atoms with Crippen LogP contribution in [0.25, 0.3) is 0 Å². The van der Waals surface area contributed by atoms with Gasteiger partial charge < -0.3 is 4.90 Å². The molecular formula is C11H10FN3OS. The minimum atomic E-state index is -0.261. The van der Waals surface area contributed by atoms with Gasteiger partial charge in [-0.15, -0.1) is 0 Å². The number of fused-ring (bicyclic) bond motifs is 1. The lowest BCUT2D eigenvalue weighted by atomic mass is 10.3. The van der Waals surface area contributed by atoms with Crippen LogP contribution in [0.1, 0.15) is 0 Å². The zero-order valence-electron chi connectivity index (χ0n) is 8.97. The van der Waals surface area contributed by atoms with Gasteiger partial charge in [0.25, 0.3) is 0 Å². The van der Waals surface area contributed by atoms with E-state index in [9.17, 15) is 9.18 Å². The van der Waals surface area contributed by atoms with E-state index in [1.165, 1.54) is 23.9 Å². The molecule has 17 heavy (non-hydrogen) atoms. The fourth-order valence-electron chi connectivity index (χ4n) is 1.84. The van der Waals surface area contributed by atoms with Crippen molar-refractivity contribution in [2.24, 2.45) is 4.99 Å². The highest BCUT2D eigenvalue weighted by Crippen LogP contribution is 2.25. The van der Waals surface area contributed by atoms with Gasteiger partial charge in [-0.3, -0.25) is 9.69 Å². The Morgan fingerprint density at radius 1 is 1.29 bits per heavy atom. The first-order valence-corrected chi connectivity index (χ1v) is 6.21. The van der Waals surface area contributed by atoms with Gasteiger partial charge in [0, 0.05) is 5.69 Å². The highest BCUT2D eigenvalue weighted by molar-refractivity contribution is 8.15. The van der Waals surface area contributed by atoms with Crippen molar-refractivity contribution in [2.45, 2.75) is 0 Å². The van der Waals surface area contributed by atoms with E-state index >= 15 is 0 Å². The molecular weight excluding hydrogens is 241 g/mol. The van der Waals surface area contributed by atoms with Crippen molar-refractivity contribution < 1.29 is 9.18 Å². The summed E-state index contributed by atoms with van der Waals surface area (Å²) < 4.78 is 12.8. The Morgan fingerprint density at radius 2 is 2.06 bits per heavy atom. The standard InChI is InChI=1S/C11H10FN3OS/c12-8-1-3-9(4-2-8)14-6-13-11-15(7-14)10(16)5-17-11/h1-4H,5-7H2. The van der Waals surface area contributed by atoms with Crippen molar-refractivity contribution in [3.63, 3.8) is 0 Å². The smallest absolute Gasteiger partial charge is 0.240 e. The van der Waals surface area contributed by atoms with Gasteiger partial charge in [0.05, 0.1) is 5.75 Å². The van der Waals surface area contributed by atoms with E-state index in [0.29, 0.717) is 19.1 Å². The van der Waals surface area contributed by atoms with Crippen LogP contribution in [0.2, 0.25) is 0 Å². The number of halogens is 1. The van der Waals surface area contributed by atoms with Crippen molar-refractivity contribution in [3.05, 3.63) is 30.1 Å². The van der Waals surface area contributed by atoms with Crippen molar-refractivity contribution in [3.8, 4) is 0 Å². The van der Waals surface area contributed by atoms with Crippen LogP contribution >= 0.6 is 11.8 Å². The number of carbonyl (C=O) groups is 1. The first-order chi connectivity index (χ1) is 8.24. The zero-order valence-corrected chi connectivity index (χ0v) is 9.78. The third-order valence-electron chi connectivity index (χ3n) is 2.74. The monoisotopic (exact) mass is 251 g/mol. The molecule has 4 nitrogen and oxygen atoms in total. The van der Waals surface area contributed by atoms with Crippen LogP contribution in [-0.2, 0) is 4.79 Å². The largest absolute Gasteiger partial charge is 0.334 e. The fourth-order valence-corrected chi connectivity index (χ4v) is 2.71. The van der Waals surface area contributed by atoms with Crippen molar-refractivity contribution in [1.82, 2.24) is 4.90 Å². The summed E-state index contributed by atoms with van der Waals surface area (Å²) in [7, 11) is 0. The molecule has 0 aromatic heterocycles. The molecule has 0 N–H and O–H groups in total. The first kappa shape index (κ1) is 10.6. The summed E-state index contributed by atoms with van der Waals surface area (Å²) in [5.74, 6) is 0.291. The Balaban J connectivity index is 1.83. The Morgan fingerprint density at radius 3 is 2.82 bits per heavy atom. The number of carbonyl (C=O) groups excluding carboxylic acids is 1. The lowest BCUT2D eigenvalue weighted by Crippen LogP contribution is -2.45. The minimum absolute atomic E-state index is 0.0839. The maximum absolute atomic E-state index is 12.8. The summed E-state index contributed by atoms with van der Waals surface area (Å²) in [5, 5.41) is 0.799. The fraction of sp³-hybridized carbons (Fsp3) is 0.273. The number of benzene rings is 1. The summed E-state index contributed by atoms with van der Waals surface area (Å²) in [6, 6.07) is 6.22. The Labute approximate surface area is 102 Å². The summed E-state index contributed by atoms with van der Waals surface area (Å²) >= 11 is 1.47. The number of rotatable bonds is 1. The molecule has 0 saturated carbocycles. The molecule has 0 radical (unpaired) electrons. The second-order valence-corrected chi connectivity index (χ2v) is 4.79. The second-order valence-electron chi connectivity index (χ2n) is 3.85. The number of hydrogen-bond donors (Lipinski definition) is 0. The Kier molecular flexibility index (Phi) is 2.51. The van der Waals surface area contributed by atoms with Crippen molar-refractivity contribution >= 4 is 28.5 Å². The molecule has 3 rings (SSSR count). The quantitative estimate of drug-likeness (QED) is 0.758. The molecule has 2 aliphatic rings. The van der Waals surface area contributed by atoms with E-state index in [0.717, 1.165) is 10.9 Å². The van der Waals surface area contributed by atoms with Crippen molar-refractivity contribution in [2.75, 3.05) is 24.0 Å². The maximum atomic E-state index is 12.8. The Hall–Kier alpha value is -1.56. The highest BCUT2D eigenvalue weighted by atomic mass is 32.2. The molecule has 6 heteroatoms. The van der Waals surface area contributed by atoms with Gasteiger partial charge in [0.2, 0.25) is 5.91 Å². The summed E-state index contributed by atoms with van der Waals surface area (Å²) in [6.45, 7) is 1.01. The van der Waals surface area contributed by atoms with E-state index in [4.69, 9.17) is 0 Å². The molecule has 0 atom stereocenters. The predicted molar refractivity (Wildman–Crippen MR) is 65.4 cm³/mol. The predicted octanol–water partition coefficient (Wildman–Crippen LogP) is 1.49. The van der Waals surface area contributed by atoms with Gasteiger partial charge in [-0.2, -0.15) is 0 Å². The average molecular weight is 251 g/mol. The normalized spacial score (nSPS) is 19.4. The third-order valence-corrected chi connectivity index (χ3v) is 3.74. The van der Waals surface area contributed by atoms with Gasteiger partial charge in [0.15, 0.2) is 5.17 Å². The third kappa shape index (κ3) is 1.88. The zero-order chi connectivity index (χ0) is 11.8. The number of hydrogen-bond acceptors (Lipinski definition) is 4. The van der Waals surface area contributed by atoms with Crippen molar-refractivity contribution in [1.29, 1.82) is 0 Å². The topological polar surface area (TPSA) is 35.9 Å². The first-order valence-electron chi connectivity index (χ1n) is 5.22. The molecule has 1 aromatic rings. The molecule has 1 aromatic carbocycles. The van der Waals surface area contributed by atoms with Crippen LogP contribution in [0.5, 0.6) is 0 Å². The van der Waals surface area contributed by atoms with Gasteiger partial charge in [-0.1, -0.05) is 11.8 Å². The molecule has 1 amide bonds. The molecule has 1 saturated heterocycles. The van der Waals surface area contributed by atoms with Crippen LogP contribution in [0.4, 0.5) is 10.1 Å². The van der Waals surface area contributed by atoms with Gasteiger partial charge in [0.1, 0.15) is 19.2 Å². The number of anilines is 1. The SMILES string of the molecule is O=C1CSC2=NCN(c3ccc(F)cc3)CN12. The number of amides is 1. The molecule has 0 unspecified atom stereocenters. The van der Waals surface area contributed by atoms with Crippen LogP contribution in [-0.4, -0.2) is 35.1 Å². The van der Waals surface area contributed by atoms with Crippen LogP contribution < -0.4 is 4.90 Å². The average Bonchev–Trinajstić information content (AvgIpc) is 2.72. The lowest BCUT2D eigenvalue weighted by Gasteiger charge is -2.32. The highest BCUT2D eigenvalue weighted by Gasteiger charge is 2.32. The number of amidine groups is 1. The van der Waals surface area contributed by atoms with E-state index < -0.39 is 0 Å². The molecule has 0 aliphatic carbocycles. The van der Waals surface area contributed by atoms with E-state index in [1.54, 1.807) is 17.0 Å². The summed E-state index contributed by atoms with van der Waals surface area (Å²) in [5.41, 5.74) is 0.874. The van der Waals surface area contributed by atoms with Gasteiger partial charge >= 0.3 is 0 Å². The molecule has 0 bridgehead atoms. The molecule has 2 heterocycles. The number of nitrogens with zero attached hydrogens (tertiary/aromatic N) is 3. The van der Waals surface area contributed by atoms with E-state index in [-0.39, 0.29) is 11.7 Å². The molecule has 0 spiro atoms. The van der Waals surface area contributed by atoms with Crippen LogP contribution in [0, 0.1) is 5.82 Å². The number of thioether (sulfide) groups is 1. The van der Waals surface area contributed by atoms with Gasteiger partial charge in [-0.05, 0) is 24.3 Å². The Bertz CT molecular complexity index is 488. The van der Waals surface area contributed by atoms with E-state index in [1.807, 2.05) is 4.90 Å². The molecule has 2 aliphatic heterocycles. The maximum Gasteiger partial charge on any atom is 0.240 e. The lowest BCUT2D eigenvalue weighted by molar-refractivity contribution is -0.124. The second kappa shape index (κ2) is 4.03. The molecule has 1 fully saturated rings. The number of aliphatic imine (C=N–C) groups is 1. The van der Waals surface area contributed by atoms with E-state index in [2.05, 4.69) is 4.99 Å². The summed E-state index contributed by atoms with van der Waals surface area (Å²) in [4.78, 5) is 19.5. The molecule has 88 valence electrons. The van der Waals surface area contributed by atoms with Crippen LogP contribution in [0.3, 0.4) is 0 Å². The van der Waals surface area contributed by atoms with Crippen LogP contribution in [0.15, 0.2) is 29.3 Å². The summed E-state index contributed by atoms with van der Waals surface area (Å²) in [6.07, 6.45) is 0. The van der Waals surface area contributed by atoms with Gasteiger partial charge in [-0.25, -0.2) is 9.38 Å². The minimum Gasteiger partial charge on any atom is -0.334 e.